The molecule has 1 N–H and O–H groups in total. The van der Waals surface area contributed by atoms with E-state index in [-0.39, 0.29) is 23.5 Å². The highest BCUT2D eigenvalue weighted by Gasteiger charge is 2.10. The Morgan fingerprint density at radius 3 is 2.58 bits per heavy atom. The van der Waals surface area contributed by atoms with E-state index in [1.165, 1.54) is 41.2 Å². The van der Waals surface area contributed by atoms with Crippen molar-refractivity contribution < 1.29 is 9.72 Å². The molecular weight excluding hydrogens is 336 g/mol. The lowest BCUT2D eigenvalue weighted by atomic mass is 10.1. The summed E-state index contributed by atoms with van der Waals surface area (Å²) in [6.07, 6.45) is 1.30. The molecular formula is C18H14N4O4. The van der Waals surface area contributed by atoms with Crippen LogP contribution < -0.4 is 10.9 Å². The molecule has 2 aromatic carbocycles. The van der Waals surface area contributed by atoms with Crippen LogP contribution in [0.1, 0.15) is 0 Å². The Morgan fingerprint density at radius 1 is 1.12 bits per heavy atom. The Balaban J connectivity index is 1.73. The van der Waals surface area contributed by atoms with E-state index >= 15 is 0 Å². The summed E-state index contributed by atoms with van der Waals surface area (Å²) in [6.45, 7) is -0.246. The summed E-state index contributed by atoms with van der Waals surface area (Å²) in [5.74, 6) is -0.484. The molecule has 0 fully saturated rings. The molecule has 0 spiro atoms. The summed E-state index contributed by atoms with van der Waals surface area (Å²) in [6, 6.07) is 16.1. The van der Waals surface area contributed by atoms with E-state index in [0.29, 0.717) is 5.69 Å². The molecule has 0 unspecified atom stereocenters. The van der Waals surface area contributed by atoms with Gasteiger partial charge in [-0.1, -0.05) is 36.4 Å². The molecule has 0 aliphatic heterocycles. The van der Waals surface area contributed by atoms with Crippen molar-refractivity contribution in [1.29, 1.82) is 0 Å². The zero-order valence-electron chi connectivity index (χ0n) is 13.5. The molecule has 0 radical (unpaired) electrons. The molecule has 26 heavy (non-hydrogen) atoms. The molecule has 0 aliphatic carbocycles. The molecule has 8 heteroatoms. The van der Waals surface area contributed by atoms with Crippen molar-refractivity contribution >= 4 is 17.3 Å². The van der Waals surface area contributed by atoms with Crippen molar-refractivity contribution in [3.63, 3.8) is 0 Å². The Hall–Kier alpha value is -3.81. The van der Waals surface area contributed by atoms with Crippen LogP contribution in [0.2, 0.25) is 0 Å². The number of aromatic nitrogens is 2. The van der Waals surface area contributed by atoms with Crippen molar-refractivity contribution in [3.8, 4) is 11.3 Å². The fraction of sp³-hybridized carbons (Fsp3) is 0.0556. The first kappa shape index (κ1) is 17.0. The second-order valence-corrected chi connectivity index (χ2v) is 5.46. The molecule has 3 aromatic rings. The second-order valence-electron chi connectivity index (χ2n) is 5.46. The first-order valence-electron chi connectivity index (χ1n) is 7.69. The van der Waals surface area contributed by atoms with Gasteiger partial charge in [-0.25, -0.2) is 4.98 Å². The minimum atomic E-state index is -0.549. The molecule has 0 aliphatic rings. The summed E-state index contributed by atoms with van der Waals surface area (Å²) in [5.41, 5.74) is 1.11. The van der Waals surface area contributed by atoms with Gasteiger partial charge in [-0.15, -0.1) is 0 Å². The van der Waals surface area contributed by atoms with Crippen LogP contribution in [0.3, 0.4) is 0 Å². The van der Waals surface area contributed by atoms with Gasteiger partial charge in [0.05, 0.1) is 16.9 Å². The Bertz CT molecular complexity index is 1010. The number of nitrogens with one attached hydrogen (secondary N) is 1. The number of anilines is 1. The van der Waals surface area contributed by atoms with Crippen LogP contribution in [-0.2, 0) is 11.3 Å². The summed E-state index contributed by atoms with van der Waals surface area (Å²) >= 11 is 0. The van der Waals surface area contributed by atoms with Crippen LogP contribution in [0.15, 0.2) is 71.8 Å². The molecule has 1 amide bonds. The van der Waals surface area contributed by atoms with Gasteiger partial charge in [0.2, 0.25) is 5.91 Å². The molecule has 0 atom stereocenters. The third kappa shape index (κ3) is 3.99. The maximum atomic E-state index is 12.2. The molecule has 130 valence electrons. The predicted octanol–water partition coefficient (Wildman–Crippen LogP) is 2.46. The first-order valence-corrected chi connectivity index (χ1v) is 7.69. The molecule has 0 saturated heterocycles. The van der Waals surface area contributed by atoms with Crippen LogP contribution in [-0.4, -0.2) is 20.4 Å². The predicted molar refractivity (Wildman–Crippen MR) is 95.7 cm³/mol. The van der Waals surface area contributed by atoms with E-state index in [2.05, 4.69) is 10.3 Å². The van der Waals surface area contributed by atoms with Gasteiger partial charge in [0.15, 0.2) is 0 Å². The van der Waals surface area contributed by atoms with Crippen LogP contribution in [0.25, 0.3) is 11.3 Å². The number of hydrogen-bond acceptors (Lipinski definition) is 5. The zero-order valence-corrected chi connectivity index (χ0v) is 13.5. The average molecular weight is 350 g/mol. The summed E-state index contributed by atoms with van der Waals surface area (Å²) in [4.78, 5) is 38.7. The van der Waals surface area contributed by atoms with Gasteiger partial charge in [0, 0.05) is 29.4 Å². The fourth-order valence-electron chi connectivity index (χ4n) is 2.36. The number of benzene rings is 2. The smallest absolute Gasteiger partial charge is 0.271 e. The number of carbonyl (C=O) groups is 1. The SMILES string of the molecule is O=C(Cn1cnc(-c2ccccc2)cc1=O)Nc1cccc([N+](=O)[O-])c1. The van der Waals surface area contributed by atoms with Gasteiger partial charge in [-0.3, -0.25) is 24.3 Å². The lowest BCUT2D eigenvalue weighted by molar-refractivity contribution is -0.384. The van der Waals surface area contributed by atoms with Crippen molar-refractivity contribution in [2.75, 3.05) is 5.32 Å². The number of rotatable bonds is 5. The minimum absolute atomic E-state index is 0.131. The van der Waals surface area contributed by atoms with Crippen LogP contribution in [0.4, 0.5) is 11.4 Å². The van der Waals surface area contributed by atoms with Gasteiger partial charge in [-0.2, -0.15) is 0 Å². The average Bonchev–Trinajstić information content (AvgIpc) is 2.64. The molecule has 0 saturated carbocycles. The summed E-state index contributed by atoms with van der Waals surface area (Å²) in [5, 5.41) is 13.3. The lowest BCUT2D eigenvalue weighted by Crippen LogP contribution is -2.27. The number of hydrogen-bond donors (Lipinski definition) is 1. The Labute approximate surface area is 147 Å². The van der Waals surface area contributed by atoms with E-state index < -0.39 is 10.8 Å². The quantitative estimate of drug-likeness (QED) is 0.562. The van der Waals surface area contributed by atoms with Gasteiger partial charge >= 0.3 is 0 Å². The maximum Gasteiger partial charge on any atom is 0.271 e. The number of nitro groups is 1. The third-order valence-electron chi connectivity index (χ3n) is 3.60. The van der Waals surface area contributed by atoms with Crippen molar-refractivity contribution in [2.45, 2.75) is 6.54 Å². The van der Waals surface area contributed by atoms with Gasteiger partial charge in [-0.05, 0) is 6.07 Å². The normalized spacial score (nSPS) is 10.3. The maximum absolute atomic E-state index is 12.2. The van der Waals surface area contributed by atoms with Crippen molar-refractivity contribution in [2.24, 2.45) is 0 Å². The standard InChI is InChI=1S/C18H14N4O4/c23-17(20-14-7-4-8-15(9-14)22(25)26)11-21-12-19-16(10-18(21)24)13-5-2-1-3-6-13/h1-10,12H,11H2,(H,20,23). The molecule has 1 heterocycles. The van der Waals surface area contributed by atoms with E-state index in [9.17, 15) is 19.7 Å². The second kappa shape index (κ2) is 7.39. The van der Waals surface area contributed by atoms with Crippen LogP contribution in [0.5, 0.6) is 0 Å². The molecule has 3 rings (SSSR count). The van der Waals surface area contributed by atoms with Crippen LogP contribution >= 0.6 is 0 Å². The summed E-state index contributed by atoms with van der Waals surface area (Å²) in [7, 11) is 0. The first-order chi connectivity index (χ1) is 12.5. The van der Waals surface area contributed by atoms with E-state index in [1.54, 1.807) is 0 Å². The zero-order chi connectivity index (χ0) is 18.5. The van der Waals surface area contributed by atoms with Crippen molar-refractivity contribution in [1.82, 2.24) is 9.55 Å². The van der Waals surface area contributed by atoms with Crippen LogP contribution in [0, 0.1) is 10.1 Å². The lowest BCUT2D eigenvalue weighted by Gasteiger charge is -2.08. The Kier molecular flexibility index (Phi) is 4.84. The Morgan fingerprint density at radius 2 is 1.88 bits per heavy atom. The molecule has 8 nitrogen and oxygen atoms in total. The van der Waals surface area contributed by atoms with E-state index in [0.717, 1.165) is 5.56 Å². The van der Waals surface area contributed by atoms with E-state index in [4.69, 9.17) is 0 Å². The van der Waals surface area contributed by atoms with Crippen molar-refractivity contribution in [3.05, 3.63) is 87.5 Å². The highest BCUT2D eigenvalue weighted by atomic mass is 16.6. The summed E-state index contributed by atoms with van der Waals surface area (Å²) < 4.78 is 1.17. The highest BCUT2D eigenvalue weighted by Crippen LogP contribution is 2.17. The topological polar surface area (TPSA) is 107 Å². The van der Waals surface area contributed by atoms with Gasteiger partial charge < -0.3 is 5.32 Å². The molecule has 0 bridgehead atoms. The number of nitrogens with zero attached hydrogens (tertiary/aromatic N) is 3. The number of non-ortho nitro benzene ring substituents is 1. The monoisotopic (exact) mass is 350 g/mol. The molecule has 1 aromatic heterocycles. The number of nitro benzene ring substituents is 1. The largest absolute Gasteiger partial charge is 0.324 e. The minimum Gasteiger partial charge on any atom is -0.324 e. The third-order valence-corrected chi connectivity index (χ3v) is 3.60. The number of carbonyl (C=O) groups excluding carboxylic acids is 1. The fourth-order valence-corrected chi connectivity index (χ4v) is 2.36. The van der Waals surface area contributed by atoms with E-state index in [1.807, 2.05) is 30.3 Å². The number of amides is 1. The van der Waals surface area contributed by atoms with Gasteiger partial charge in [0.1, 0.15) is 6.54 Å². The highest BCUT2D eigenvalue weighted by molar-refractivity contribution is 5.90. The van der Waals surface area contributed by atoms with Gasteiger partial charge in [0.25, 0.3) is 11.2 Å².